The van der Waals surface area contributed by atoms with Gasteiger partial charge in [0.2, 0.25) is 0 Å². The van der Waals surface area contributed by atoms with Crippen LogP contribution in [0.2, 0.25) is 0 Å². The summed E-state index contributed by atoms with van der Waals surface area (Å²) in [4.78, 5) is 23.5. The zero-order chi connectivity index (χ0) is 29.0. The third-order valence-electron chi connectivity index (χ3n) is 7.39. The van der Waals surface area contributed by atoms with Crippen molar-refractivity contribution in [3.63, 3.8) is 0 Å². The molecule has 0 spiro atoms. The molecule has 0 bridgehead atoms. The number of hydrogen-bond acceptors (Lipinski definition) is 3. The summed E-state index contributed by atoms with van der Waals surface area (Å²) in [7, 11) is 0. The highest BCUT2D eigenvalue weighted by molar-refractivity contribution is 6.02. The summed E-state index contributed by atoms with van der Waals surface area (Å²) in [6, 6.07) is 27.0. The summed E-state index contributed by atoms with van der Waals surface area (Å²) in [5, 5.41) is 9.22. The van der Waals surface area contributed by atoms with Gasteiger partial charge in [0.05, 0.1) is 17.7 Å². The Morgan fingerprint density at radius 3 is 1.52 bits per heavy atom. The van der Waals surface area contributed by atoms with Gasteiger partial charge in [-0.1, -0.05) is 145 Å². The van der Waals surface area contributed by atoms with E-state index in [1.807, 2.05) is 12.1 Å². The molecule has 0 saturated carbocycles. The fourth-order valence-corrected chi connectivity index (χ4v) is 5.23. The molecule has 3 aromatic carbocycles. The number of carboxylic acids is 1. The van der Waals surface area contributed by atoms with Gasteiger partial charge in [-0.15, -0.1) is 0 Å². The highest BCUT2D eigenvalue weighted by Crippen LogP contribution is 2.31. The smallest absolute Gasteiger partial charge is 0.339 e. The Hall–Kier alpha value is -3.40. The molecule has 0 heterocycles. The number of carboxylic acid groups (broad SMARTS) is 1. The minimum Gasteiger partial charge on any atom is -0.478 e. The lowest BCUT2D eigenvalue weighted by molar-refractivity contribution is 0.0478. The molecule has 0 amide bonds. The van der Waals surface area contributed by atoms with Crippen LogP contribution in [0.3, 0.4) is 0 Å². The van der Waals surface area contributed by atoms with Gasteiger partial charge in [-0.25, -0.2) is 9.59 Å². The molecule has 4 heteroatoms. The number of aromatic carboxylic acids is 1. The number of ether oxygens (including phenoxy) is 1. The SMILES string of the molecule is CCCCC(CCC)C(CCCC)CCCOC(=O)c1ccccc1C(=O)O.c1ccc(-c2ccccc2)cc1. The molecule has 0 aliphatic heterocycles. The van der Waals surface area contributed by atoms with Crippen LogP contribution in [-0.2, 0) is 4.74 Å². The first-order valence-corrected chi connectivity index (χ1v) is 15.1. The van der Waals surface area contributed by atoms with Gasteiger partial charge in [-0.3, -0.25) is 0 Å². The van der Waals surface area contributed by atoms with Crippen LogP contribution in [0.1, 0.15) is 106 Å². The lowest BCUT2D eigenvalue weighted by Crippen LogP contribution is -2.17. The summed E-state index contributed by atoms with van der Waals surface area (Å²) in [6.07, 6.45) is 11.9. The second-order valence-electron chi connectivity index (χ2n) is 10.5. The Balaban J connectivity index is 0.000000382. The first kappa shape index (κ1) is 32.8. The standard InChI is InChI=1S/C24H38O4.C12H10/c1-4-7-13-19(12-6-3)20(14-8-5-2)15-11-18-28-24(27)22-17-10-9-16-21(22)23(25)26;1-3-7-11(8-4-1)12-9-5-2-6-10-12/h9-10,16-17,19-20H,4-8,11-15,18H2,1-3H3,(H,25,26);1-10H. The van der Waals surface area contributed by atoms with Crippen molar-refractivity contribution in [2.75, 3.05) is 6.61 Å². The maximum atomic E-state index is 12.3. The average Bonchev–Trinajstić information content (AvgIpc) is 3.00. The van der Waals surface area contributed by atoms with Gasteiger partial charge in [-0.05, 0) is 47.9 Å². The molecule has 40 heavy (non-hydrogen) atoms. The highest BCUT2D eigenvalue weighted by Gasteiger charge is 2.21. The van der Waals surface area contributed by atoms with Crippen molar-refractivity contribution >= 4 is 11.9 Å². The first-order valence-electron chi connectivity index (χ1n) is 15.1. The Morgan fingerprint density at radius 2 is 1.05 bits per heavy atom. The number of carbonyl (C=O) groups is 2. The number of unbranched alkanes of at least 4 members (excludes halogenated alkanes) is 2. The molecule has 3 aromatic rings. The van der Waals surface area contributed by atoms with Crippen molar-refractivity contribution in [3.05, 3.63) is 96.1 Å². The van der Waals surface area contributed by atoms with Gasteiger partial charge < -0.3 is 9.84 Å². The van der Waals surface area contributed by atoms with E-state index in [1.165, 1.54) is 74.6 Å². The molecule has 0 radical (unpaired) electrons. The summed E-state index contributed by atoms with van der Waals surface area (Å²) in [5.41, 5.74) is 2.68. The number of rotatable bonds is 16. The van der Waals surface area contributed by atoms with Crippen molar-refractivity contribution in [1.82, 2.24) is 0 Å². The van der Waals surface area contributed by atoms with Gasteiger partial charge >= 0.3 is 11.9 Å². The minimum absolute atomic E-state index is 0.00380. The van der Waals surface area contributed by atoms with Gasteiger partial charge in [0.25, 0.3) is 0 Å². The summed E-state index contributed by atoms with van der Waals surface area (Å²) in [5.74, 6) is -0.193. The molecule has 0 aliphatic carbocycles. The average molecular weight is 545 g/mol. The third-order valence-corrected chi connectivity index (χ3v) is 7.39. The molecule has 0 aliphatic rings. The number of esters is 1. The predicted octanol–water partition coefficient (Wildman–Crippen LogP) is 10.1. The monoisotopic (exact) mass is 544 g/mol. The Bertz CT molecular complexity index is 1060. The van der Waals surface area contributed by atoms with Crippen molar-refractivity contribution in [1.29, 1.82) is 0 Å². The molecule has 4 nitrogen and oxygen atoms in total. The van der Waals surface area contributed by atoms with Crippen molar-refractivity contribution in [3.8, 4) is 11.1 Å². The van der Waals surface area contributed by atoms with E-state index in [9.17, 15) is 14.7 Å². The zero-order valence-corrected chi connectivity index (χ0v) is 24.7. The maximum absolute atomic E-state index is 12.3. The lowest BCUT2D eigenvalue weighted by Gasteiger charge is -2.27. The Labute approximate surface area is 241 Å². The van der Waals surface area contributed by atoms with E-state index in [-0.39, 0.29) is 11.1 Å². The van der Waals surface area contributed by atoms with Crippen molar-refractivity contribution in [2.24, 2.45) is 11.8 Å². The molecule has 216 valence electrons. The number of benzene rings is 3. The molecule has 0 fully saturated rings. The van der Waals surface area contributed by atoms with Gasteiger partial charge in [0.15, 0.2) is 0 Å². The Morgan fingerprint density at radius 1 is 0.600 bits per heavy atom. The predicted molar refractivity (Wildman–Crippen MR) is 166 cm³/mol. The van der Waals surface area contributed by atoms with Crippen LogP contribution in [0.25, 0.3) is 11.1 Å². The maximum Gasteiger partial charge on any atom is 0.339 e. The molecular formula is C36H48O4. The second kappa shape index (κ2) is 19.6. The molecule has 0 saturated heterocycles. The number of hydrogen-bond donors (Lipinski definition) is 1. The Kier molecular flexibility index (Phi) is 16.1. The van der Waals surface area contributed by atoms with Crippen LogP contribution >= 0.6 is 0 Å². The third kappa shape index (κ3) is 11.8. The lowest BCUT2D eigenvalue weighted by atomic mass is 9.79. The summed E-state index contributed by atoms with van der Waals surface area (Å²) in [6.45, 7) is 7.09. The largest absolute Gasteiger partial charge is 0.478 e. The van der Waals surface area contributed by atoms with Crippen molar-refractivity contribution < 1.29 is 19.4 Å². The van der Waals surface area contributed by atoms with Crippen LogP contribution in [0.4, 0.5) is 0 Å². The quantitative estimate of drug-likeness (QED) is 0.144. The van der Waals surface area contributed by atoms with E-state index in [1.54, 1.807) is 12.1 Å². The van der Waals surface area contributed by atoms with Gasteiger partial charge in [0.1, 0.15) is 0 Å². The van der Waals surface area contributed by atoms with Gasteiger partial charge in [-0.2, -0.15) is 0 Å². The summed E-state index contributed by atoms with van der Waals surface area (Å²) >= 11 is 0. The number of carbonyl (C=O) groups excluding carboxylic acids is 1. The molecule has 2 unspecified atom stereocenters. The molecule has 1 N–H and O–H groups in total. The van der Waals surface area contributed by atoms with Crippen LogP contribution in [0.5, 0.6) is 0 Å². The molecular weight excluding hydrogens is 496 g/mol. The molecule has 0 aromatic heterocycles. The molecule has 2 atom stereocenters. The van der Waals surface area contributed by atoms with Crippen LogP contribution < -0.4 is 0 Å². The topological polar surface area (TPSA) is 63.6 Å². The fourth-order valence-electron chi connectivity index (χ4n) is 5.23. The normalized spacial score (nSPS) is 12.1. The van der Waals surface area contributed by atoms with E-state index < -0.39 is 11.9 Å². The van der Waals surface area contributed by atoms with E-state index in [0.717, 1.165) is 18.8 Å². The van der Waals surface area contributed by atoms with Gasteiger partial charge in [0, 0.05) is 0 Å². The van der Waals surface area contributed by atoms with E-state index >= 15 is 0 Å². The van der Waals surface area contributed by atoms with Crippen LogP contribution in [0.15, 0.2) is 84.9 Å². The fraction of sp³-hybridized carbons (Fsp3) is 0.444. The van der Waals surface area contributed by atoms with Crippen LogP contribution in [0, 0.1) is 11.8 Å². The van der Waals surface area contributed by atoms with Crippen molar-refractivity contribution in [2.45, 2.75) is 85.0 Å². The van der Waals surface area contributed by atoms with E-state index in [0.29, 0.717) is 12.5 Å². The zero-order valence-electron chi connectivity index (χ0n) is 24.7. The van der Waals surface area contributed by atoms with Crippen LogP contribution in [-0.4, -0.2) is 23.7 Å². The second-order valence-corrected chi connectivity index (χ2v) is 10.5. The minimum atomic E-state index is -1.11. The highest BCUT2D eigenvalue weighted by atomic mass is 16.5. The van der Waals surface area contributed by atoms with E-state index in [2.05, 4.69) is 69.3 Å². The first-order chi connectivity index (χ1) is 19.5. The summed E-state index contributed by atoms with van der Waals surface area (Å²) < 4.78 is 5.39. The van der Waals surface area contributed by atoms with E-state index in [4.69, 9.17) is 4.74 Å². The molecule has 3 rings (SSSR count).